The number of alkyl halides is 3. The van der Waals surface area contributed by atoms with E-state index in [9.17, 15) is 23.1 Å². The van der Waals surface area contributed by atoms with Crippen LogP contribution < -0.4 is 0 Å². The number of carboxylic acid groups (broad SMARTS) is 1. The van der Waals surface area contributed by atoms with Gasteiger partial charge in [-0.15, -0.1) is 0 Å². The third kappa shape index (κ3) is 7.57. The van der Waals surface area contributed by atoms with Gasteiger partial charge in [0, 0.05) is 19.1 Å². The number of nitrogens with zero attached hydrogens (tertiary/aromatic N) is 2. The van der Waals surface area contributed by atoms with Gasteiger partial charge >= 0.3 is 12.1 Å². The lowest BCUT2D eigenvalue weighted by Crippen LogP contribution is -2.50. The second-order valence-corrected chi connectivity index (χ2v) is 9.42. The SMILES string of the molecule is CC(C)N(C)CC1CCC2(COCCN(C(=O)CC3(O)CCC3)C2)O1.O=C(O)C(F)(F)F. The fourth-order valence-electron chi connectivity index (χ4n) is 4.05. The van der Waals surface area contributed by atoms with Crippen molar-refractivity contribution in [2.24, 2.45) is 0 Å². The summed E-state index contributed by atoms with van der Waals surface area (Å²) in [5.41, 5.74) is -1.15. The molecule has 186 valence electrons. The second-order valence-electron chi connectivity index (χ2n) is 9.42. The van der Waals surface area contributed by atoms with E-state index in [2.05, 4.69) is 25.8 Å². The molecule has 0 aromatic heterocycles. The molecule has 2 unspecified atom stereocenters. The average molecular weight is 469 g/mol. The molecule has 0 aromatic rings. The number of rotatable bonds is 5. The van der Waals surface area contributed by atoms with Gasteiger partial charge in [0.05, 0.1) is 37.9 Å². The molecular weight excluding hydrogens is 433 g/mol. The standard InChI is InChI=1S/C19H34N2O4.C2HF3O2/c1-15(2)20(3)12-16-5-8-19(25-16)13-21(9-10-24-14-19)17(22)11-18(23)6-4-7-18;3-2(4,5)1(6)7/h15-16,23H,4-14H2,1-3H3;(H,6,7). The predicted molar refractivity (Wildman–Crippen MR) is 109 cm³/mol. The number of ether oxygens (including phenoxy) is 2. The maximum Gasteiger partial charge on any atom is 0.490 e. The molecule has 32 heavy (non-hydrogen) atoms. The molecule has 3 rings (SSSR count). The van der Waals surface area contributed by atoms with Crippen LogP contribution in [0.5, 0.6) is 0 Å². The Hall–Kier alpha value is -1.43. The molecule has 2 N–H and O–H groups in total. The van der Waals surface area contributed by atoms with E-state index in [0.29, 0.717) is 32.3 Å². The minimum absolute atomic E-state index is 0.0402. The molecule has 0 radical (unpaired) electrons. The minimum Gasteiger partial charge on any atom is -0.475 e. The smallest absolute Gasteiger partial charge is 0.475 e. The molecule has 11 heteroatoms. The molecule has 1 amide bonds. The lowest BCUT2D eigenvalue weighted by molar-refractivity contribution is -0.192. The first kappa shape index (κ1) is 26.8. The first-order chi connectivity index (χ1) is 14.8. The van der Waals surface area contributed by atoms with Crippen LogP contribution in [0.4, 0.5) is 13.2 Å². The van der Waals surface area contributed by atoms with E-state index in [4.69, 9.17) is 19.4 Å². The van der Waals surface area contributed by atoms with Crippen molar-refractivity contribution in [3.05, 3.63) is 0 Å². The lowest BCUT2D eigenvalue weighted by atomic mass is 9.77. The van der Waals surface area contributed by atoms with Crippen LogP contribution in [0.3, 0.4) is 0 Å². The van der Waals surface area contributed by atoms with E-state index in [1.807, 2.05) is 4.90 Å². The number of aliphatic carboxylic acids is 1. The fourth-order valence-corrected chi connectivity index (χ4v) is 4.05. The summed E-state index contributed by atoms with van der Waals surface area (Å²) < 4.78 is 43.9. The van der Waals surface area contributed by atoms with Crippen LogP contribution in [-0.2, 0) is 19.1 Å². The molecule has 0 aromatic carbocycles. The average Bonchev–Trinajstić information content (AvgIpc) is 2.91. The highest BCUT2D eigenvalue weighted by atomic mass is 19.4. The molecule has 8 nitrogen and oxygen atoms in total. The summed E-state index contributed by atoms with van der Waals surface area (Å²) in [5.74, 6) is -2.72. The van der Waals surface area contributed by atoms with Crippen molar-refractivity contribution < 1.29 is 42.4 Å². The van der Waals surface area contributed by atoms with E-state index in [-0.39, 0.29) is 24.0 Å². The summed E-state index contributed by atoms with van der Waals surface area (Å²) in [4.78, 5) is 25.8. The number of likely N-dealkylation sites (N-methyl/N-ethyl adjacent to an activating group) is 1. The number of carbonyl (C=O) groups is 2. The van der Waals surface area contributed by atoms with Gasteiger partial charge in [0.2, 0.25) is 5.91 Å². The van der Waals surface area contributed by atoms with Crippen LogP contribution in [0.2, 0.25) is 0 Å². The maximum atomic E-state index is 12.7. The van der Waals surface area contributed by atoms with Gasteiger partial charge in [0.15, 0.2) is 0 Å². The zero-order chi connectivity index (χ0) is 24.2. The number of carbonyl (C=O) groups excluding carboxylic acids is 1. The van der Waals surface area contributed by atoms with E-state index in [0.717, 1.165) is 38.6 Å². The second kappa shape index (κ2) is 10.7. The fraction of sp³-hybridized carbons (Fsp3) is 0.905. The van der Waals surface area contributed by atoms with Crippen LogP contribution >= 0.6 is 0 Å². The van der Waals surface area contributed by atoms with Crippen molar-refractivity contribution >= 4 is 11.9 Å². The Bertz CT molecular complexity index is 656. The number of amides is 1. The monoisotopic (exact) mass is 468 g/mol. The van der Waals surface area contributed by atoms with Crippen molar-refractivity contribution in [2.75, 3.05) is 39.9 Å². The van der Waals surface area contributed by atoms with Gasteiger partial charge in [-0.3, -0.25) is 4.79 Å². The highest BCUT2D eigenvalue weighted by molar-refractivity contribution is 5.77. The number of carboxylic acids is 1. The van der Waals surface area contributed by atoms with Gasteiger partial charge < -0.3 is 29.5 Å². The molecular formula is C21H35F3N2O6. The molecule has 2 atom stereocenters. The third-order valence-corrected chi connectivity index (χ3v) is 6.42. The Morgan fingerprint density at radius 3 is 2.38 bits per heavy atom. The number of hydrogen-bond donors (Lipinski definition) is 2. The number of hydrogen-bond acceptors (Lipinski definition) is 6. The molecule has 2 aliphatic heterocycles. The number of halogens is 3. The topological polar surface area (TPSA) is 99.5 Å². The first-order valence-corrected chi connectivity index (χ1v) is 11.0. The van der Waals surface area contributed by atoms with Gasteiger partial charge in [-0.1, -0.05) is 0 Å². The molecule has 2 saturated heterocycles. The quantitative estimate of drug-likeness (QED) is 0.637. The Kier molecular flexibility index (Phi) is 8.94. The molecule has 0 bridgehead atoms. The van der Waals surface area contributed by atoms with Crippen LogP contribution in [0.25, 0.3) is 0 Å². The van der Waals surface area contributed by atoms with Crippen LogP contribution in [0.15, 0.2) is 0 Å². The van der Waals surface area contributed by atoms with Crippen molar-refractivity contribution in [3.8, 4) is 0 Å². The lowest BCUT2D eigenvalue weighted by Gasteiger charge is -2.38. The largest absolute Gasteiger partial charge is 0.490 e. The molecule has 1 spiro atoms. The van der Waals surface area contributed by atoms with Crippen LogP contribution in [0, 0.1) is 0 Å². The molecule has 1 aliphatic carbocycles. The van der Waals surface area contributed by atoms with Crippen LogP contribution in [0.1, 0.15) is 52.4 Å². The zero-order valence-electron chi connectivity index (χ0n) is 19.0. The Morgan fingerprint density at radius 1 is 1.25 bits per heavy atom. The van der Waals surface area contributed by atoms with Crippen LogP contribution in [-0.4, -0.2) is 101 Å². The Morgan fingerprint density at radius 2 is 1.88 bits per heavy atom. The summed E-state index contributed by atoms with van der Waals surface area (Å²) in [6.07, 6.45) is -0.206. The van der Waals surface area contributed by atoms with Crippen molar-refractivity contribution in [1.82, 2.24) is 9.80 Å². The maximum absolute atomic E-state index is 12.7. The zero-order valence-corrected chi connectivity index (χ0v) is 19.0. The van der Waals surface area contributed by atoms with Gasteiger partial charge in [0.25, 0.3) is 0 Å². The van der Waals surface area contributed by atoms with Gasteiger partial charge in [-0.25, -0.2) is 4.79 Å². The van der Waals surface area contributed by atoms with Gasteiger partial charge in [-0.05, 0) is 53.0 Å². The molecule has 3 fully saturated rings. The molecule has 3 aliphatic rings. The van der Waals surface area contributed by atoms with E-state index in [1.54, 1.807) is 0 Å². The molecule has 2 heterocycles. The van der Waals surface area contributed by atoms with Gasteiger partial charge in [0.1, 0.15) is 5.60 Å². The number of aliphatic hydroxyl groups is 1. The normalized spacial score (nSPS) is 27.7. The van der Waals surface area contributed by atoms with Crippen molar-refractivity contribution in [3.63, 3.8) is 0 Å². The van der Waals surface area contributed by atoms with Gasteiger partial charge in [-0.2, -0.15) is 13.2 Å². The molecule has 1 saturated carbocycles. The predicted octanol–water partition coefficient (Wildman–Crippen LogP) is 2.04. The summed E-state index contributed by atoms with van der Waals surface area (Å²) in [5, 5.41) is 17.4. The highest BCUT2D eigenvalue weighted by Gasteiger charge is 2.45. The summed E-state index contributed by atoms with van der Waals surface area (Å²) >= 11 is 0. The van der Waals surface area contributed by atoms with Crippen molar-refractivity contribution in [2.45, 2.75) is 81.9 Å². The Balaban J connectivity index is 0.000000451. The summed E-state index contributed by atoms with van der Waals surface area (Å²) in [6.45, 7) is 7.57. The first-order valence-electron chi connectivity index (χ1n) is 11.0. The highest BCUT2D eigenvalue weighted by Crippen LogP contribution is 2.37. The third-order valence-electron chi connectivity index (χ3n) is 6.42. The van der Waals surface area contributed by atoms with E-state index in [1.165, 1.54) is 0 Å². The van der Waals surface area contributed by atoms with E-state index < -0.39 is 17.7 Å². The summed E-state index contributed by atoms with van der Waals surface area (Å²) in [7, 11) is 2.12. The summed E-state index contributed by atoms with van der Waals surface area (Å²) in [6, 6.07) is 0.492. The van der Waals surface area contributed by atoms with Crippen molar-refractivity contribution in [1.29, 1.82) is 0 Å². The Labute approximate surface area is 186 Å². The van der Waals surface area contributed by atoms with E-state index >= 15 is 0 Å². The minimum atomic E-state index is -5.08.